The van der Waals surface area contributed by atoms with Gasteiger partial charge in [0.05, 0.1) is 0 Å². The molecule has 0 saturated heterocycles. The number of aryl methyl sites for hydroxylation is 1. The molecule has 0 aliphatic carbocycles. The van der Waals surface area contributed by atoms with Gasteiger partial charge in [-0.3, -0.25) is 4.79 Å². The molecule has 2 N–H and O–H groups in total. The van der Waals surface area contributed by atoms with Crippen LogP contribution in [0.1, 0.15) is 36.5 Å². The predicted octanol–water partition coefficient (Wildman–Crippen LogP) is 3.58. The highest BCUT2D eigenvalue weighted by Crippen LogP contribution is 2.26. The van der Waals surface area contributed by atoms with Crippen molar-refractivity contribution in [2.75, 3.05) is 13.6 Å². The lowest BCUT2D eigenvalue weighted by molar-refractivity contribution is 0.0784. The molecule has 2 rings (SSSR count). The molecule has 1 unspecified atom stereocenters. The van der Waals surface area contributed by atoms with E-state index in [9.17, 15) is 4.79 Å². The van der Waals surface area contributed by atoms with Crippen molar-refractivity contribution in [3.8, 4) is 10.8 Å². The summed E-state index contributed by atoms with van der Waals surface area (Å²) in [4.78, 5) is 18.4. The summed E-state index contributed by atoms with van der Waals surface area (Å²) >= 11 is 1.41. The van der Waals surface area contributed by atoms with Crippen LogP contribution in [0.5, 0.6) is 0 Å². The van der Waals surface area contributed by atoms with E-state index in [1.807, 2.05) is 19.1 Å². The molecule has 0 spiro atoms. The first-order chi connectivity index (χ1) is 10.4. The number of carbonyl (C=O) groups is 1. The molecular weight excluding hydrogens is 334 g/mol. The molecule has 0 saturated carbocycles. The summed E-state index contributed by atoms with van der Waals surface area (Å²) < 4.78 is 5.53. The number of hydrogen-bond donors (Lipinski definition) is 1. The highest BCUT2D eigenvalue weighted by Gasteiger charge is 2.18. The van der Waals surface area contributed by atoms with Crippen LogP contribution in [-0.2, 0) is 0 Å². The standard InChI is InChI=1S/C16H23N3O2S.ClH/c1-10(2)12(17)7-8-19(4)16(20)13-9-22-15(18-13)14-6-5-11(3)21-14;/h5-6,9-10,12H,7-8,17H2,1-4H3;1H. The van der Waals surface area contributed by atoms with Gasteiger partial charge in [0.2, 0.25) is 0 Å². The number of amides is 1. The maximum Gasteiger partial charge on any atom is 0.273 e. The van der Waals surface area contributed by atoms with Crippen molar-refractivity contribution < 1.29 is 9.21 Å². The minimum absolute atomic E-state index is 0. The molecule has 5 nitrogen and oxygen atoms in total. The first kappa shape index (κ1) is 19.7. The second-order valence-electron chi connectivity index (χ2n) is 5.87. The zero-order valence-corrected chi connectivity index (χ0v) is 15.5. The largest absolute Gasteiger partial charge is 0.459 e. The fraction of sp³-hybridized carbons (Fsp3) is 0.500. The number of nitrogens with zero attached hydrogens (tertiary/aromatic N) is 2. The van der Waals surface area contributed by atoms with Gasteiger partial charge in [-0.15, -0.1) is 23.7 Å². The summed E-state index contributed by atoms with van der Waals surface area (Å²) in [5.41, 5.74) is 6.48. The van der Waals surface area contributed by atoms with E-state index in [4.69, 9.17) is 10.2 Å². The minimum Gasteiger partial charge on any atom is -0.459 e. The minimum atomic E-state index is -0.0817. The van der Waals surface area contributed by atoms with Crippen LogP contribution in [0.2, 0.25) is 0 Å². The van der Waals surface area contributed by atoms with Gasteiger partial charge in [-0.1, -0.05) is 13.8 Å². The molecule has 0 radical (unpaired) electrons. The molecule has 2 heterocycles. The fourth-order valence-corrected chi connectivity index (χ4v) is 2.76. The van der Waals surface area contributed by atoms with Gasteiger partial charge in [-0.05, 0) is 31.4 Å². The van der Waals surface area contributed by atoms with Crippen LogP contribution in [0.15, 0.2) is 21.9 Å². The number of carbonyl (C=O) groups excluding carboxylic acids is 1. The summed E-state index contributed by atoms with van der Waals surface area (Å²) in [6.07, 6.45) is 0.786. The zero-order valence-electron chi connectivity index (χ0n) is 13.9. The third-order valence-electron chi connectivity index (χ3n) is 3.68. The second-order valence-corrected chi connectivity index (χ2v) is 6.73. The van der Waals surface area contributed by atoms with Crippen LogP contribution >= 0.6 is 23.7 Å². The van der Waals surface area contributed by atoms with Crippen molar-refractivity contribution in [1.82, 2.24) is 9.88 Å². The third kappa shape index (κ3) is 5.06. The predicted molar refractivity (Wildman–Crippen MR) is 96.2 cm³/mol. The van der Waals surface area contributed by atoms with Gasteiger partial charge < -0.3 is 15.1 Å². The summed E-state index contributed by atoms with van der Waals surface area (Å²) in [7, 11) is 1.78. The Morgan fingerprint density at radius 3 is 2.70 bits per heavy atom. The first-order valence-electron chi connectivity index (χ1n) is 7.42. The lowest BCUT2D eigenvalue weighted by Crippen LogP contribution is -2.34. The van der Waals surface area contributed by atoms with Crippen molar-refractivity contribution in [3.05, 3.63) is 29.0 Å². The van der Waals surface area contributed by atoms with Crippen molar-refractivity contribution in [1.29, 1.82) is 0 Å². The fourth-order valence-electron chi connectivity index (χ4n) is 2.01. The Hall–Kier alpha value is -1.37. The number of rotatable bonds is 6. The van der Waals surface area contributed by atoms with E-state index in [-0.39, 0.29) is 24.4 Å². The number of hydrogen-bond acceptors (Lipinski definition) is 5. The van der Waals surface area contributed by atoms with Crippen molar-refractivity contribution in [2.24, 2.45) is 11.7 Å². The average molecular weight is 358 g/mol. The highest BCUT2D eigenvalue weighted by atomic mass is 35.5. The van der Waals surface area contributed by atoms with Crippen LogP contribution < -0.4 is 5.73 Å². The van der Waals surface area contributed by atoms with Gasteiger partial charge in [0.25, 0.3) is 5.91 Å². The van der Waals surface area contributed by atoms with Gasteiger partial charge in [0, 0.05) is 25.0 Å². The summed E-state index contributed by atoms with van der Waals surface area (Å²) in [6.45, 7) is 6.69. The molecule has 7 heteroatoms. The van der Waals surface area contributed by atoms with Gasteiger partial charge in [-0.25, -0.2) is 4.98 Å². The molecule has 1 atom stereocenters. The molecular formula is C16H24ClN3O2S. The normalized spacial score (nSPS) is 12.1. The molecule has 2 aromatic heterocycles. The number of furan rings is 1. The van der Waals surface area contributed by atoms with Gasteiger partial charge in [-0.2, -0.15) is 0 Å². The summed E-state index contributed by atoms with van der Waals surface area (Å²) in [6, 6.07) is 3.86. The van der Waals surface area contributed by atoms with Crippen molar-refractivity contribution in [3.63, 3.8) is 0 Å². The second kappa shape index (κ2) is 8.47. The van der Waals surface area contributed by atoms with Crippen molar-refractivity contribution >= 4 is 29.7 Å². The van der Waals surface area contributed by atoms with E-state index in [0.717, 1.165) is 17.2 Å². The van der Waals surface area contributed by atoms with E-state index >= 15 is 0 Å². The maximum absolute atomic E-state index is 12.4. The molecule has 1 amide bonds. The molecule has 0 aliphatic rings. The monoisotopic (exact) mass is 357 g/mol. The quantitative estimate of drug-likeness (QED) is 0.857. The van der Waals surface area contributed by atoms with Crippen LogP contribution in [-0.4, -0.2) is 35.4 Å². The van der Waals surface area contributed by atoms with E-state index in [1.54, 1.807) is 17.3 Å². The zero-order chi connectivity index (χ0) is 16.3. The first-order valence-corrected chi connectivity index (χ1v) is 8.30. The van der Waals surface area contributed by atoms with Crippen LogP contribution in [0.3, 0.4) is 0 Å². The molecule has 0 aromatic carbocycles. The smallest absolute Gasteiger partial charge is 0.273 e. The Labute approximate surface area is 147 Å². The Kier molecular flexibility index (Phi) is 7.25. The molecule has 2 aromatic rings. The molecule has 0 aliphatic heterocycles. The van der Waals surface area contributed by atoms with Crippen LogP contribution in [0, 0.1) is 12.8 Å². The van der Waals surface area contributed by atoms with Gasteiger partial charge >= 0.3 is 0 Å². The topological polar surface area (TPSA) is 72.4 Å². The van der Waals surface area contributed by atoms with E-state index < -0.39 is 0 Å². The Bertz CT molecular complexity index is 639. The van der Waals surface area contributed by atoms with Crippen LogP contribution in [0.4, 0.5) is 0 Å². The van der Waals surface area contributed by atoms with Crippen LogP contribution in [0.25, 0.3) is 10.8 Å². The molecule has 0 fully saturated rings. The highest BCUT2D eigenvalue weighted by molar-refractivity contribution is 7.13. The SMILES string of the molecule is Cc1ccc(-c2nc(C(=O)N(C)CCC(N)C(C)C)cs2)o1.Cl. The van der Waals surface area contributed by atoms with Gasteiger partial charge in [0.1, 0.15) is 11.5 Å². The van der Waals surface area contributed by atoms with E-state index in [2.05, 4.69) is 18.8 Å². The number of aromatic nitrogens is 1. The van der Waals surface area contributed by atoms with Crippen molar-refractivity contribution in [2.45, 2.75) is 33.2 Å². The summed E-state index contributed by atoms with van der Waals surface area (Å²) in [5, 5.41) is 2.50. The third-order valence-corrected chi connectivity index (χ3v) is 4.53. The molecule has 128 valence electrons. The number of nitrogens with two attached hydrogens (primary N) is 1. The maximum atomic E-state index is 12.4. The Morgan fingerprint density at radius 2 is 2.13 bits per heavy atom. The number of halogens is 1. The Morgan fingerprint density at radius 1 is 1.43 bits per heavy atom. The van der Waals surface area contributed by atoms with Gasteiger partial charge in [0.15, 0.2) is 10.8 Å². The lowest BCUT2D eigenvalue weighted by atomic mass is 10.0. The number of thiazole rings is 1. The average Bonchev–Trinajstić information content (AvgIpc) is 3.11. The molecule has 0 bridgehead atoms. The molecule has 23 heavy (non-hydrogen) atoms. The van der Waals surface area contributed by atoms with E-state index in [1.165, 1.54) is 11.3 Å². The summed E-state index contributed by atoms with van der Waals surface area (Å²) in [5.74, 6) is 1.86. The Balaban J connectivity index is 0.00000264. The lowest BCUT2D eigenvalue weighted by Gasteiger charge is -2.20. The van der Waals surface area contributed by atoms with E-state index in [0.29, 0.717) is 23.9 Å².